The summed E-state index contributed by atoms with van der Waals surface area (Å²) in [4.78, 5) is 8.58. The Kier molecular flexibility index (Phi) is 2.38. The molecule has 0 amide bonds. The van der Waals surface area contributed by atoms with Gasteiger partial charge in [0.2, 0.25) is 5.95 Å². The summed E-state index contributed by atoms with van der Waals surface area (Å²) in [5, 5.41) is 1.67. The summed E-state index contributed by atoms with van der Waals surface area (Å²) in [5.41, 5.74) is 7.00. The molecule has 3 rings (SSSR count). The van der Waals surface area contributed by atoms with E-state index in [0.29, 0.717) is 17.0 Å². The Hall–Kier alpha value is -1.39. The molecule has 0 unspecified atom stereocenters. The van der Waals surface area contributed by atoms with Gasteiger partial charge in [0.25, 0.3) is 0 Å². The quantitative estimate of drug-likeness (QED) is 0.801. The molecule has 5 heteroatoms. The lowest BCUT2D eigenvalue weighted by atomic mass is 10.2. The lowest BCUT2D eigenvalue weighted by molar-refractivity contribution is 0.781. The number of hydrogen-bond acceptors (Lipinski definition) is 4. The van der Waals surface area contributed by atoms with Crippen LogP contribution in [0.3, 0.4) is 0 Å². The molecule has 0 spiro atoms. The summed E-state index contributed by atoms with van der Waals surface area (Å²) in [5.74, 6) is 0.585. The van der Waals surface area contributed by atoms with Gasteiger partial charge in [-0.1, -0.05) is 11.6 Å². The van der Waals surface area contributed by atoms with Crippen LogP contribution in [0.5, 0.6) is 0 Å². The van der Waals surface area contributed by atoms with Crippen LogP contribution < -0.4 is 10.9 Å². The van der Waals surface area contributed by atoms with E-state index in [0.717, 1.165) is 10.9 Å². The molecule has 0 bridgehead atoms. The number of anilines is 1. The Bertz CT molecular complexity index is 524. The number of halogens is 1. The monoisotopic (exact) mass is 234 g/mol. The smallest absolute Gasteiger partial charge is 0.237 e. The lowest BCUT2D eigenvalue weighted by Crippen LogP contribution is -2.24. The van der Waals surface area contributed by atoms with Crippen molar-refractivity contribution in [1.29, 1.82) is 0 Å². The third-order valence-corrected chi connectivity index (χ3v) is 2.75. The molecule has 1 saturated carbocycles. The summed E-state index contributed by atoms with van der Waals surface area (Å²) in [6.07, 6.45) is 4.22. The molecule has 82 valence electrons. The predicted molar refractivity (Wildman–Crippen MR) is 64.3 cm³/mol. The van der Waals surface area contributed by atoms with Gasteiger partial charge in [0.05, 0.1) is 5.52 Å². The van der Waals surface area contributed by atoms with Crippen molar-refractivity contribution in [2.24, 2.45) is 0 Å². The standard InChI is InChI=1S/C11H11ClN4/c12-8-2-1-7-6-13-11(14-10(7)5-8)16-15-9-3-4-9/h1-2,5-6,9,15H,3-4H2,(H,13,14,16). The number of nitrogens with zero attached hydrogens (tertiary/aromatic N) is 2. The predicted octanol–water partition coefficient (Wildman–Crippen LogP) is 2.36. The maximum Gasteiger partial charge on any atom is 0.237 e. The van der Waals surface area contributed by atoms with Crippen molar-refractivity contribution in [3.8, 4) is 0 Å². The minimum absolute atomic E-state index is 0.568. The molecule has 2 N–H and O–H groups in total. The molecule has 1 heterocycles. The molecule has 1 fully saturated rings. The van der Waals surface area contributed by atoms with Crippen molar-refractivity contribution in [1.82, 2.24) is 15.4 Å². The van der Waals surface area contributed by atoms with Crippen LogP contribution in [-0.4, -0.2) is 16.0 Å². The largest absolute Gasteiger partial charge is 0.289 e. The first-order chi connectivity index (χ1) is 7.81. The summed E-state index contributed by atoms with van der Waals surface area (Å²) in [6, 6.07) is 6.15. The van der Waals surface area contributed by atoms with E-state index < -0.39 is 0 Å². The number of fused-ring (bicyclic) bond motifs is 1. The van der Waals surface area contributed by atoms with Gasteiger partial charge in [-0.3, -0.25) is 5.43 Å². The van der Waals surface area contributed by atoms with E-state index in [-0.39, 0.29) is 0 Å². The van der Waals surface area contributed by atoms with E-state index in [1.807, 2.05) is 18.2 Å². The molecule has 0 aliphatic heterocycles. The van der Waals surface area contributed by atoms with Crippen LogP contribution in [0.1, 0.15) is 12.8 Å². The Morgan fingerprint density at radius 2 is 2.19 bits per heavy atom. The lowest BCUT2D eigenvalue weighted by Gasteiger charge is -2.05. The normalized spacial score (nSPS) is 15.3. The first kappa shape index (κ1) is 9.81. The second-order valence-corrected chi connectivity index (χ2v) is 4.38. The number of hydrogen-bond donors (Lipinski definition) is 2. The SMILES string of the molecule is Clc1ccc2cnc(NNC3CC3)nc2c1. The van der Waals surface area contributed by atoms with Crippen LogP contribution in [0.4, 0.5) is 5.95 Å². The maximum atomic E-state index is 5.91. The number of aromatic nitrogens is 2. The highest BCUT2D eigenvalue weighted by Crippen LogP contribution is 2.20. The van der Waals surface area contributed by atoms with E-state index in [4.69, 9.17) is 11.6 Å². The van der Waals surface area contributed by atoms with E-state index in [9.17, 15) is 0 Å². The number of rotatable bonds is 3. The molecule has 2 aromatic rings. The number of nitrogens with one attached hydrogen (secondary N) is 2. The van der Waals surface area contributed by atoms with Crippen LogP contribution in [-0.2, 0) is 0 Å². The zero-order valence-corrected chi connectivity index (χ0v) is 9.33. The highest BCUT2D eigenvalue weighted by Gasteiger charge is 2.20. The minimum atomic E-state index is 0.568. The van der Waals surface area contributed by atoms with Crippen molar-refractivity contribution in [3.63, 3.8) is 0 Å². The van der Waals surface area contributed by atoms with E-state index in [1.165, 1.54) is 12.8 Å². The molecular formula is C11H11ClN4. The second kappa shape index (κ2) is 3.88. The molecule has 1 aliphatic carbocycles. The first-order valence-corrected chi connectivity index (χ1v) is 5.63. The van der Waals surface area contributed by atoms with E-state index in [2.05, 4.69) is 20.8 Å². The molecule has 1 aromatic carbocycles. The fourth-order valence-electron chi connectivity index (χ4n) is 1.45. The summed E-state index contributed by atoms with van der Waals surface area (Å²) >= 11 is 5.91. The molecule has 0 atom stereocenters. The third-order valence-electron chi connectivity index (χ3n) is 2.51. The number of benzene rings is 1. The second-order valence-electron chi connectivity index (χ2n) is 3.94. The van der Waals surface area contributed by atoms with Crippen molar-refractivity contribution in [2.75, 3.05) is 5.43 Å². The van der Waals surface area contributed by atoms with Crippen LogP contribution >= 0.6 is 11.6 Å². The summed E-state index contributed by atoms with van der Waals surface area (Å²) in [7, 11) is 0. The fraction of sp³-hybridized carbons (Fsp3) is 0.273. The fourth-order valence-corrected chi connectivity index (χ4v) is 1.62. The van der Waals surface area contributed by atoms with Crippen LogP contribution in [0.2, 0.25) is 5.02 Å². The van der Waals surface area contributed by atoms with Crippen molar-refractivity contribution in [3.05, 3.63) is 29.4 Å². The van der Waals surface area contributed by atoms with E-state index >= 15 is 0 Å². The Labute approximate surface area is 98.0 Å². The maximum absolute atomic E-state index is 5.91. The first-order valence-electron chi connectivity index (χ1n) is 5.25. The molecule has 16 heavy (non-hydrogen) atoms. The highest BCUT2D eigenvalue weighted by atomic mass is 35.5. The van der Waals surface area contributed by atoms with Crippen LogP contribution in [0.25, 0.3) is 10.9 Å². The van der Waals surface area contributed by atoms with Crippen LogP contribution in [0.15, 0.2) is 24.4 Å². The van der Waals surface area contributed by atoms with Gasteiger partial charge >= 0.3 is 0 Å². The van der Waals surface area contributed by atoms with Crippen molar-refractivity contribution in [2.45, 2.75) is 18.9 Å². The van der Waals surface area contributed by atoms with Crippen LogP contribution in [0, 0.1) is 0 Å². The van der Waals surface area contributed by atoms with Gasteiger partial charge < -0.3 is 0 Å². The Morgan fingerprint density at radius 3 is 3.00 bits per heavy atom. The van der Waals surface area contributed by atoms with Gasteiger partial charge in [0.1, 0.15) is 0 Å². The van der Waals surface area contributed by atoms with Gasteiger partial charge in [0.15, 0.2) is 0 Å². The topological polar surface area (TPSA) is 49.8 Å². The van der Waals surface area contributed by atoms with Crippen molar-refractivity contribution < 1.29 is 0 Å². The van der Waals surface area contributed by atoms with E-state index in [1.54, 1.807) is 6.20 Å². The molecule has 1 aliphatic rings. The molecule has 4 nitrogen and oxygen atoms in total. The number of hydrazine groups is 1. The zero-order valence-electron chi connectivity index (χ0n) is 8.57. The molecule has 1 aromatic heterocycles. The van der Waals surface area contributed by atoms with Gasteiger partial charge in [-0.05, 0) is 31.0 Å². The zero-order chi connectivity index (χ0) is 11.0. The Balaban J connectivity index is 1.87. The van der Waals surface area contributed by atoms with Gasteiger partial charge in [0, 0.05) is 22.6 Å². The average molecular weight is 235 g/mol. The third kappa shape index (κ3) is 2.08. The van der Waals surface area contributed by atoms with Gasteiger partial charge in [-0.2, -0.15) is 0 Å². The van der Waals surface area contributed by atoms with Gasteiger partial charge in [-0.25, -0.2) is 15.4 Å². The highest BCUT2D eigenvalue weighted by molar-refractivity contribution is 6.31. The summed E-state index contributed by atoms with van der Waals surface area (Å²) < 4.78 is 0. The Morgan fingerprint density at radius 1 is 1.31 bits per heavy atom. The van der Waals surface area contributed by atoms with Gasteiger partial charge in [-0.15, -0.1) is 0 Å². The average Bonchev–Trinajstić information content (AvgIpc) is 3.09. The molecule has 0 saturated heterocycles. The summed E-state index contributed by atoms with van der Waals surface area (Å²) in [6.45, 7) is 0. The molecule has 0 radical (unpaired) electrons. The molecular weight excluding hydrogens is 224 g/mol. The van der Waals surface area contributed by atoms with Crippen molar-refractivity contribution >= 4 is 28.5 Å². The minimum Gasteiger partial charge on any atom is -0.289 e.